The summed E-state index contributed by atoms with van der Waals surface area (Å²) in [5, 5.41) is 0. The molecule has 0 bridgehead atoms. The van der Waals surface area contributed by atoms with E-state index in [0.717, 1.165) is 25.7 Å². The van der Waals surface area contributed by atoms with Gasteiger partial charge in [0.15, 0.2) is 0 Å². The number of esters is 1. The maximum atomic E-state index is 11.8. The van der Waals surface area contributed by atoms with E-state index in [-0.39, 0.29) is 17.9 Å². The number of Topliss-reactive ketones (excluding diaryl/α,β-unsaturated/α-hetero) is 1. The van der Waals surface area contributed by atoms with Crippen molar-refractivity contribution in [1.29, 1.82) is 0 Å². The van der Waals surface area contributed by atoms with Gasteiger partial charge in [0.25, 0.3) is 0 Å². The average Bonchev–Trinajstić information content (AvgIpc) is 2.15. The van der Waals surface area contributed by atoms with Crippen LogP contribution in [-0.2, 0) is 14.3 Å². The van der Waals surface area contributed by atoms with Gasteiger partial charge >= 0.3 is 5.97 Å². The summed E-state index contributed by atoms with van der Waals surface area (Å²) in [7, 11) is 0. The maximum absolute atomic E-state index is 11.8. The Labute approximate surface area is 105 Å². The molecule has 17 heavy (non-hydrogen) atoms. The van der Waals surface area contributed by atoms with Crippen molar-refractivity contribution < 1.29 is 14.3 Å². The van der Waals surface area contributed by atoms with Crippen LogP contribution in [0.1, 0.15) is 66.7 Å². The molecule has 0 spiro atoms. The van der Waals surface area contributed by atoms with Gasteiger partial charge in [0.2, 0.25) is 0 Å². The smallest absolute Gasteiger partial charge is 0.311 e. The topological polar surface area (TPSA) is 43.4 Å². The lowest BCUT2D eigenvalue weighted by atomic mass is 9.87. The highest BCUT2D eigenvalue weighted by molar-refractivity contribution is 5.76. The van der Waals surface area contributed by atoms with Crippen LogP contribution < -0.4 is 0 Å². The fourth-order valence-electron chi connectivity index (χ4n) is 1.59. The van der Waals surface area contributed by atoms with Crippen LogP contribution in [0.15, 0.2) is 0 Å². The highest BCUT2D eigenvalue weighted by atomic mass is 16.5. The summed E-state index contributed by atoms with van der Waals surface area (Å²) in [6.07, 6.45) is 4.29. The molecule has 100 valence electrons. The van der Waals surface area contributed by atoms with Gasteiger partial charge < -0.3 is 9.53 Å². The van der Waals surface area contributed by atoms with Crippen LogP contribution in [0, 0.1) is 5.41 Å². The lowest BCUT2D eigenvalue weighted by Gasteiger charge is -2.23. The van der Waals surface area contributed by atoms with E-state index in [0.29, 0.717) is 6.42 Å². The first-order chi connectivity index (χ1) is 7.75. The summed E-state index contributed by atoms with van der Waals surface area (Å²) in [4.78, 5) is 22.5. The molecule has 0 atom stereocenters. The lowest BCUT2D eigenvalue weighted by molar-refractivity contribution is -0.158. The second-order valence-corrected chi connectivity index (χ2v) is 5.60. The largest absolute Gasteiger partial charge is 0.463 e. The number of carbonyl (C=O) groups is 2. The summed E-state index contributed by atoms with van der Waals surface area (Å²) < 4.78 is 5.22. The molecule has 0 aromatic heterocycles. The molecule has 0 aliphatic heterocycles. The van der Waals surface area contributed by atoms with Crippen molar-refractivity contribution in [3.63, 3.8) is 0 Å². The third-order valence-corrected chi connectivity index (χ3v) is 2.73. The van der Waals surface area contributed by atoms with Crippen molar-refractivity contribution in [3.05, 3.63) is 0 Å². The van der Waals surface area contributed by atoms with Crippen LogP contribution in [-0.4, -0.2) is 17.9 Å². The third kappa shape index (κ3) is 7.94. The third-order valence-electron chi connectivity index (χ3n) is 2.73. The van der Waals surface area contributed by atoms with Crippen molar-refractivity contribution in [1.82, 2.24) is 0 Å². The first-order valence-electron chi connectivity index (χ1n) is 6.46. The molecule has 0 aliphatic rings. The fraction of sp³-hybridized carbons (Fsp3) is 0.857. The van der Waals surface area contributed by atoms with E-state index in [9.17, 15) is 9.59 Å². The molecule has 0 unspecified atom stereocenters. The number of ketones is 1. The Morgan fingerprint density at radius 1 is 1.12 bits per heavy atom. The van der Waals surface area contributed by atoms with Gasteiger partial charge in [-0.05, 0) is 47.5 Å². The number of carbonyl (C=O) groups excluding carboxylic acids is 2. The Morgan fingerprint density at radius 3 is 2.18 bits per heavy atom. The fourth-order valence-corrected chi connectivity index (χ4v) is 1.59. The van der Waals surface area contributed by atoms with E-state index < -0.39 is 5.41 Å². The van der Waals surface area contributed by atoms with E-state index >= 15 is 0 Å². The summed E-state index contributed by atoms with van der Waals surface area (Å²) in [5.74, 6) is 0.113. The predicted octanol–water partition coefficient (Wildman–Crippen LogP) is 3.50. The van der Waals surface area contributed by atoms with E-state index in [1.807, 2.05) is 27.7 Å². The molecule has 0 heterocycles. The van der Waals surface area contributed by atoms with Gasteiger partial charge in [0, 0.05) is 6.42 Å². The van der Waals surface area contributed by atoms with Gasteiger partial charge in [0.05, 0.1) is 11.5 Å². The molecule has 0 rings (SSSR count). The molecule has 0 saturated carbocycles. The lowest BCUT2D eigenvalue weighted by Crippen LogP contribution is -2.28. The van der Waals surface area contributed by atoms with E-state index in [4.69, 9.17) is 4.74 Å². The highest BCUT2D eigenvalue weighted by Gasteiger charge is 2.29. The molecule has 0 aromatic rings. The number of rotatable bonds is 8. The summed E-state index contributed by atoms with van der Waals surface area (Å²) in [6, 6.07) is 0. The van der Waals surface area contributed by atoms with Crippen LogP contribution in [0.4, 0.5) is 0 Å². The minimum absolute atomic E-state index is 0.0560. The summed E-state index contributed by atoms with van der Waals surface area (Å²) >= 11 is 0. The highest BCUT2D eigenvalue weighted by Crippen LogP contribution is 2.26. The second kappa shape index (κ2) is 7.46. The van der Waals surface area contributed by atoms with Crippen LogP contribution in [0.2, 0.25) is 0 Å². The van der Waals surface area contributed by atoms with Gasteiger partial charge in [0.1, 0.15) is 5.78 Å². The first kappa shape index (κ1) is 16.1. The van der Waals surface area contributed by atoms with Gasteiger partial charge in [-0.15, -0.1) is 0 Å². The molecule has 0 N–H and O–H groups in total. The second-order valence-electron chi connectivity index (χ2n) is 5.60. The molecule has 0 fully saturated rings. The number of hydrogen-bond acceptors (Lipinski definition) is 3. The minimum Gasteiger partial charge on any atom is -0.463 e. The zero-order valence-electron chi connectivity index (χ0n) is 11.8. The Bertz CT molecular complexity index is 254. The number of hydrogen-bond donors (Lipinski definition) is 0. The van der Waals surface area contributed by atoms with Gasteiger partial charge in [-0.1, -0.05) is 12.8 Å². The zero-order valence-corrected chi connectivity index (χ0v) is 11.8. The minimum atomic E-state index is -0.416. The van der Waals surface area contributed by atoms with Crippen molar-refractivity contribution in [2.45, 2.75) is 72.8 Å². The van der Waals surface area contributed by atoms with Crippen molar-refractivity contribution in [2.75, 3.05) is 0 Å². The maximum Gasteiger partial charge on any atom is 0.311 e. The molecule has 0 saturated heterocycles. The van der Waals surface area contributed by atoms with Crippen LogP contribution >= 0.6 is 0 Å². The molecule has 0 radical (unpaired) electrons. The summed E-state index contributed by atoms with van der Waals surface area (Å²) in [6.45, 7) is 9.18. The molecule has 0 amide bonds. The SMILES string of the molecule is CC(=O)CCCCCC(C)(C)C(=O)OC(C)C. The summed E-state index contributed by atoms with van der Waals surface area (Å²) in [5.41, 5.74) is -0.416. The zero-order chi connectivity index (χ0) is 13.5. The van der Waals surface area contributed by atoms with E-state index in [1.165, 1.54) is 0 Å². The molecule has 3 heteroatoms. The number of unbranched alkanes of at least 4 members (excludes halogenated alkanes) is 2. The van der Waals surface area contributed by atoms with Crippen LogP contribution in [0.25, 0.3) is 0 Å². The number of ether oxygens (including phenoxy) is 1. The van der Waals surface area contributed by atoms with Crippen LogP contribution in [0.5, 0.6) is 0 Å². The van der Waals surface area contributed by atoms with Crippen molar-refractivity contribution in [3.8, 4) is 0 Å². The van der Waals surface area contributed by atoms with E-state index in [1.54, 1.807) is 6.92 Å². The molecular weight excluding hydrogens is 216 g/mol. The van der Waals surface area contributed by atoms with Gasteiger partial charge in [-0.25, -0.2) is 0 Å². The molecule has 3 nitrogen and oxygen atoms in total. The Balaban J connectivity index is 3.84. The monoisotopic (exact) mass is 242 g/mol. The van der Waals surface area contributed by atoms with Gasteiger partial charge in [-0.3, -0.25) is 4.79 Å². The molecule has 0 aromatic carbocycles. The molecule has 0 aliphatic carbocycles. The normalized spacial score (nSPS) is 11.6. The Hall–Kier alpha value is -0.860. The van der Waals surface area contributed by atoms with E-state index in [2.05, 4.69) is 0 Å². The Kier molecular flexibility index (Phi) is 7.09. The van der Waals surface area contributed by atoms with Crippen molar-refractivity contribution >= 4 is 11.8 Å². The van der Waals surface area contributed by atoms with Gasteiger partial charge in [-0.2, -0.15) is 0 Å². The van der Waals surface area contributed by atoms with Crippen LogP contribution in [0.3, 0.4) is 0 Å². The predicted molar refractivity (Wildman–Crippen MR) is 68.8 cm³/mol. The van der Waals surface area contributed by atoms with Crippen molar-refractivity contribution in [2.24, 2.45) is 5.41 Å². The Morgan fingerprint density at radius 2 is 1.71 bits per heavy atom. The first-order valence-corrected chi connectivity index (χ1v) is 6.46. The average molecular weight is 242 g/mol. The quantitative estimate of drug-likeness (QED) is 0.483. The standard InChI is InChI=1S/C14H26O3/c1-11(2)17-13(16)14(4,5)10-8-6-7-9-12(3)15/h11H,6-10H2,1-5H3. The molecular formula is C14H26O3.